The van der Waals surface area contributed by atoms with Crippen LogP contribution in [0.2, 0.25) is 0 Å². The molecule has 0 amide bonds. The van der Waals surface area contributed by atoms with E-state index in [9.17, 15) is 0 Å². The molecular formula is C12H18BrNS. The lowest BCUT2D eigenvalue weighted by molar-refractivity contribution is 0.381. The van der Waals surface area contributed by atoms with Gasteiger partial charge in [-0.05, 0) is 53.1 Å². The van der Waals surface area contributed by atoms with E-state index in [1.807, 2.05) is 11.3 Å². The lowest BCUT2D eigenvalue weighted by atomic mass is 10.00. The van der Waals surface area contributed by atoms with Crippen molar-refractivity contribution >= 4 is 27.3 Å². The maximum absolute atomic E-state index is 3.65. The molecule has 1 atom stereocenters. The molecular weight excluding hydrogens is 270 g/mol. The van der Waals surface area contributed by atoms with Crippen LogP contribution in [0.25, 0.3) is 0 Å². The fourth-order valence-electron chi connectivity index (χ4n) is 2.33. The summed E-state index contributed by atoms with van der Waals surface area (Å²) in [4.78, 5) is 1.42. The predicted molar refractivity (Wildman–Crippen MR) is 70.3 cm³/mol. The van der Waals surface area contributed by atoms with Gasteiger partial charge < -0.3 is 5.32 Å². The Bertz CT molecular complexity index is 304. The number of rotatable bonds is 4. The van der Waals surface area contributed by atoms with Gasteiger partial charge in [-0.2, -0.15) is 0 Å². The van der Waals surface area contributed by atoms with Gasteiger partial charge in [0, 0.05) is 21.9 Å². The highest BCUT2D eigenvalue weighted by Crippen LogP contribution is 2.28. The summed E-state index contributed by atoms with van der Waals surface area (Å²) in [7, 11) is 0. The molecule has 1 N–H and O–H groups in total. The molecule has 0 saturated heterocycles. The lowest BCUT2D eigenvalue weighted by Gasteiger charge is -2.20. The van der Waals surface area contributed by atoms with Crippen LogP contribution in [0.5, 0.6) is 0 Å². The van der Waals surface area contributed by atoms with Gasteiger partial charge in [-0.25, -0.2) is 0 Å². The SMILES string of the molecule is CC(NCc1sccc1Br)C1CCCC1. The molecule has 1 fully saturated rings. The van der Waals surface area contributed by atoms with Crippen LogP contribution < -0.4 is 5.32 Å². The van der Waals surface area contributed by atoms with E-state index in [1.54, 1.807) is 0 Å². The second-order valence-corrected chi connectivity index (χ2v) is 6.26. The molecule has 2 rings (SSSR count). The molecule has 1 saturated carbocycles. The molecule has 15 heavy (non-hydrogen) atoms. The Hall–Kier alpha value is 0.140. The third-order valence-corrected chi connectivity index (χ3v) is 5.31. The molecule has 0 aromatic carbocycles. The van der Waals surface area contributed by atoms with Gasteiger partial charge in [0.15, 0.2) is 0 Å². The van der Waals surface area contributed by atoms with Crippen LogP contribution in [-0.4, -0.2) is 6.04 Å². The predicted octanol–water partition coefficient (Wildman–Crippen LogP) is 4.18. The molecule has 1 aliphatic carbocycles. The number of hydrogen-bond donors (Lipinski definition) is 1. The highest BCUT2D eigenvalue weighted by molar-refractivity contribution is 9.10. The quantitative estimate of drug-likeness (QED) is 0.876. The average molecular weight is 288 g/mol. The first kappa shape index (κ1) is 11.6. The summed E-state index contributed by atoms with van der Waals surface area (Å²) in [5.41, 5.74) is 0. The van der Waals surface area contributed by atoms with Gasteiger partial charge in [0.25, 0.3) is 0 Å². The first-order valence-electron chi connectivity index (χ1n) is 5.72. The Morgan fingerprint density at radius 1 is 1.53 bits per heavy atom. The van der Waals surface area contributed by atoms with E-state index in [4.69, 9.17) is 0 Å². The number of thiophene rings is 1. The van der Waals surface area contributed by atoms with Crippen molar-refractivity contribution in [3.8, 4) is 0 Å². The van der Waals surface area contributed by atoms with Crippen molar-refractivity contribution < 1.29 is 0 Å². The largest absolute Gasteiger partial charge is 0.309 e. The third kappa shape index (κ3) is 3.05. The third-order valence-electron chi connectivity index (χ3n) is 3.38. The minimum absolute atomic E-state index is 0.668. The van der Waals surface area contributed by atoms with E-state index in [-0.39, 0.29) is 0 Å². The van der Waals surface area contributed by atoms with Crippen LogP contribution in [0.3, 0.4) is 0 Å². The monoisotopic (exact) mass is 287 g/mol. The summed E-state index contributed by atoms with van der Waals surface area (Å²) >= 11 is 5.40. The normalized spacial score (nSPS) is 19.6. The molecule has 0 spiro atoms. The first-order valence-corrected chi connectivity index (χ1v) is 7.40. The molecule has 1 heterocycles. The zero-order chi connectivity index (χ0) is 10.7. The van der Waals surface area contributed by atoms with Crippen molar-refractivity contribution in [2.45, 2.75) is 45.2 Å². The van der Waals surface area contributed by atoms with Crippen molar-refractivity contribution in [3.05, 3.63) is 20.8 Å². The van der Waals surface area contributed by atoms with Gasteiger partial charge in [-0.3, -0.25) is 0 Å². The van der Waals surface area contributed by atoms with E-state index < -0.39 is 0 Å². The Balaban J connectivity index is 1.80. The van der Waals surface area contributed by atoms with Crippen molar-refractivity contribution in [3.63, 3.8) is 0 Å². The summed E-state index contributed by atoms with van der Waals surface area (Å²) in [6.07, 6.45) is 5.69. The molecule has 1 aromatic rings. The van der Waals surface area contributed by atoms with Gasteiger partial charge in [0.2, 0.25) is 0 Å². The fourth-order valence-corrected chi connectivity index (χ4v) is 3.77. The smallest absolute Gasteiger partial charge is 0.0327 e. The summed E-state index contributed by atoms with van der Waals surface area (Å²) in [5.74, 6) is 0.906. The van der Waals surface area contributed by atoms with Crippen LogP contribution in [0.1, 0.15) is 37.5 Å². The molecule has 84 valence electrons. The minimum atomic E-state index is 0.668. The van der Waals surface area contributed by atoms with Gasteiger partial charge in [0.05, 0.1) is 0 Å². The lowest BCUT2D eigenvalue weighted by Crippen LogP contribution is -2.31. The zero-order valence-corrected chi connectivity index (χ0v) is 11.5. The van der Waals surface area contributed by atoms with Crippen LogP contribution >= 0.6 is 27.3 Å². The molecule has 0 bridgehead atoms. The summed E-state index contributed by atoms with van der Waals surface area (Å²) < 4.78 is 1.25. The Kier molecular flexibility index (Phi) is 4.23. The molecule has 0 aliphatic heterocycles. The van der Waals surface area contributed by atoms with Gasteiger partial charge in [-0.1, -0.05) is 12.8 Å². The van der Waals surface area contributed by atoms with Crippen molar-refractivity contribution in [1.29, 1.82) is 0 Å². The van der Waals surface area contributed by atoms with Crippen molar-refractivity contribution in [2.75, 3.05) is 0 Å². The summed E-state index contributed by atoms with van der Waals surface area (Å²) in [6, 6.07) is 2.79. The van der Waals surface area contributed by atoms with Crippen LogP contribution in [-0.2, 0) is 6.54 Å². The molecule has 0 radical (unpaired) electrons. The van der Waals surface area contributed by atoms with E-state index in [0.717, 1.165) is 12.5 Å². The number of hydrogen-bond acceptors (Lipinski definition) is 2. The average Bonchev–Trinajstić information content (AvgIpc) is 2.85. The minimum Gasteiger partial charge on any atom is -0.309 e. The van der Waals surface area contributed by atoms with E-state index in [2.05, 4.69) is 39.6 Å². The zero-order valence-electron chi connectivity index (χ0n) is 9.13. The molecule has 1 aromatic heterocycles. The Labute approximate surface area is 104 Å². The fraction of sp³-hybridized carbons (Fsp3) is 0.667. The summed E-state index contributed by atoms with van der Waals surface area (Å²) in [5, 5.41) is 5.79. The second-order valence-electron chi connectivity index (χ2n) is 4.41. The Morgan fingerprint density at radius 3 is 2.87 bits per heavy atom. The second kappa shape index (κ2) is 5.46. The van der Waals surface area contributed by atoms with E-state index in [0.29, 0.717) is 6.04 Å². The molecule has 3 heteroatoms. The Morgan fingerprint density at radius 2 is 2.27 bits per heavy atom. The summed E-state index contributed by atoms with van der Waals surface area (Å²) in [6.45, 7) is 3.34. The number of halogens is 1. The molecule has 1 nitrogen and oxygen atoms in total. The number of nitrogens with one attached hydrogen (secondary N) is 1. The standard InChI is InChI=1S/C12H18BrNS/c1-9(10-4-2-3-5-10)14-8-12-11(13)6-7-15-12/h6-7,9-10,14H,2-5,8H2,1H3. The highest BCUT2D eigenvalue weighted by atomic mass is 79.9. The molecule has 1 aliphatic rings. The maximum atomic E-state index is 3.65. The maximum Gasteiger partial charge on any atom is 0.0327 e. The van der Waals surface area contributed by atoms with Crippen molar-refractivity contribution in [2.24, 2.45) is 5.92 Å². The van der Waals surface area contributed by atoms with E-state index in [1.165, 1.54) is 35.0 Å². The van der Waals surface area contributed by atoms with Gasteiger partial charge >= 0.3 is 0 Å². The van der Waals surface area contributed by atoms with Gasteiger partial charge in [-0.15, -0.1) is 11.3 Å². The van der Waals surface area contributed by atoms with Gasteiger partial charge in [0.1, 0.15) is 0 Å². The van der Waals surface area contributed by atoms with Crippen LogP contribution in [0.15, 0.2) is 15.9 Å². The van der Waals surface area contributed by atoms with E-state index >= 15 is 0 Å². The molecule has 1 unspecified atom stereocenters. The first-order chi connectivity index (χ1) is 7.27. The topological polar surface area (TPSA) is 12.0 Å². The highest BCUT2D eigenvalue weighted by Gasteiger charge is 2.21. The van der Waals surface area contributed by atoms with Crippen LogP contribution in [0, 0.1) is 5.92 Å². The van der Waals surface area contributed by atoms with Crippen molar-refractivity contribution in [1.82, 2.24) is 5.32 Å². The van der Waals surface area contributed by atoms with Crippen LogP contribution in [0.4, 0.5) is 0 Å².